The summed E-state index contributed by atoms with van der Waals surface area (Å²) in [4.78, 5) is 0. The molecule has 1 aliphatic rings. The number of nitrogens with two attached hydrogens (primary N) is 1. The minimum Gasteiger partial charge on any atom is -0.329 e. The van der Waals surface area contributed by atoms with E-state index >= 15 is 0 Å². The van der Waals surface area contributed by atoms with Crippen molar-refractivity contribution in [3.8, 4) is 0 Å². The largest absolute Gasteiger partial charge is 0.329 e. The van der Waals surface area contributed by atoms with Gasteiger partial charge in [0, 0.05) is 23.9 Å². The summed E-state index contributed by atoms with van der Waals surface area (Å²) in [5.41, 5.74) is 6.01. The lowest BCUT2D eigenvalue weighted by atomic mass is 9.89. The molecule has 2 unspecified atom stereocenters. The van der Waals surface area contributed by atoms with Crippen molar-refractivity contribution in [1.29, 1.82) is 0 Å². The van der Waals surface area contributed by atoms with Crippen molar-refractivity contribution in [3.63, 3.8) is 0 Å². The molecule has 3 N–H and O–H groups in total. The van der Waals surface area contributed by atoms with Crippen LogP contribution < -0.4 is 11.1 Å². The van der Waals surface area contributed by atoms with E-state index in [1.165, 1.54) is 18.6 Å². The van der Waals surface area contributed by atoms with Gasteiger partial charge in [0.05, 0.1) is 0 Å². The van der Waals surface area contributed by atoms with Gasteiger partial charge in [-0.05, 0) is 18.6 Å². The van der Waals surface area contributed by atoms with E-state index in [1.807, 2.05) is 17.8 Å². The molecular weight excluding hydrogens is 180 g/mol. The third-order valence-corrected chi connectivity index (χ3v) is 4.35. The number of nitrogens with one attached hydrogen (secondary N) is 1. The Balaban J connectivity index is 2.58. The van der Waals surface area contributed by atoms with E-state index in [1.54, 1.807) is 0 Å². The molecule has 0 amide bonds. The van der Waals surface area contributed by atoms with E-state index in [2.05, 4.69) is 18.8 Å². The third-order valence-electron chi connectivity index (χ3n) is 2.88. The highest BCUT2D eigenvalue weighted by molar-refractivity contribution is 8.00. The summed E-state index contributed by atoms with van der Waals surface area (Å²) in [6.45, 7) is 7.59. The van der Waals surface area contributed by atoms with Crippen molar-refractivity contribution in [2.75, 3.05) is 18.8 Å². The van der Waals surface area contributed by atoms with Crippen LogP contribution in [0.4, 0.5) is 0 Å². The zero-order chi connectivity index (χ0) is 9.73. The molecule has 1 rings (SSSR count). The Hall–Kier alpha value is 0.0100. The molecule has 1 fully saturated rings. The van der Waals surface area contributed by atoms with Gasteiger partial charge in [-0.15, -0.1) is 6.58 Å². The normalized spacial score (nSPS) is 34.5. The second kappa shape index (κ2) is 5.03. The second-order valence-electron chi connectivity index (χ2n) is 3.65. The molecule has 2 nitrogen and oxygen atoms in total. The Morgan fingerprint density at radius 1 is 1.77 bits per heavy atom. The van der Waals surface area contributed by atoms with Crippen LogP contribution in [0, 0.1) is 0 Å². The Morgan fingerprint density at radius 2 is 2.54 bits per heavy atom. The van der Waals surface area contributed by atoms with E-state index < -0.39 is 0 Å². The third kappa shape index (κ3) is 2.48. The quantitative estimate of drug-likeness (QED) is 0.673. The minimum absolute atomic E-state index is 0.150. The summed E-state index contributed by atoms with van der Waals surface area (Å²) in [5, 5.41) is 4.14. The maximum Gasteiger partial charge on any atom is 0.0423 e. The van der Waals surface area contributed by atoms with Crippen LogP contribution in [0.5, 0.6) is 0 Å². The van der Waals surface area contributed by atoms with Crippen LogP contribution in [0.3, 0.4) is 0 Å². The molecule has 2 atom stereocenters. The average molecular weight is 200 g/mol. The molecule has 0 aromatic rings. The average Bonchev–Trinajstić information content (AvgIpc) is 2.17. The Kier molecular flexibility index (Phi) is 4.29. The first-order valence-corrected chi connectivity index (χ1v) is 5.97. The molecule has 3 heteroatoms. The molecule has 76 valence electrons. The molecule has 0 radical (unpaired) electrons. The van der Waals surface area contributed by atoms with E-state index in [0.717, 1.165) is 13.1 Å². The molecule has 0 aliphatic carbocycles. The molecule has 1 saturated heterocycles. The molecular formula is C10H20N2S. The van der Waals surface area contributed by atoms with Gasteiger partial charge in [0.25, 0.3) is 0 Å². The highest BCUT2D eigenvalue weighted by Gasteiger charge is 2.36. The second-order valence-corrected chi connectivity index (χ2v) is 5.10. The van der Waals surface area contributed by atoms with E-state index in [-0.39, 0.29) is 5.54 Å². The first-order valence-electron chi connectivity index (χ1n) is 4.93. The highest BCUT2D eigenvalue weighted by Crippen LogP contribution is 2.33. The smallest absolute Gasteiger partial charge is 0.0423 e. The fourth-order valence-electron chi connectivity index (χ4n) is 1.86. The van der Waals surface area contributed by atoms with E-state index in [4.69, 9.17) is 5.73 Å². The van der Waals surface area contributed by atoms with E-state index in [0.29, 0.717) is 5.25 Å². The SMILES string of the molecule is C=CCNC1(CN)CCCSC1C. The topological polar surface area (TPSA) is 38.0 Å². The molecule has 13 heavy (non-hydrogen) atoms. The van der Waals surface area contributed by atoms with Gasteiger partial charge >= 0.3 is 0 Å². The van der Waals surface area contributed by atoms with Gasteiger partial charge in [-0.2, -0.15) is 11.8 Å². The molecule has 0 saturated carbocycles. The fraction of sp³-hybridized carbons (Fsp3) is 0.800. The van der Waals surface area contributed by atoms with Gasteiger partial charge in [0.15, 0.2) is 0 Å². The summed E-state index contributed by atoms with van der Waals surface area (Å²) in [6, 6.07) is 0. The molecule has 1 heterocycles. The van der Waals surface area contributed by atoms with Gasteiger partial charge in [-0.25, -0.2) is 0 Å². The minimum atomic E-state index is 0.150. The van der Waals surface area contributed by atoms with Crippen LogP contribution in [0.25, 0.3) is 0 Å². The maximum atomic E-state index is 5.86. The zero-order valence-electron chi connectivity index (χ0n) is 8.38. The lowest BCUT2D eigenvalue weighted by molar-refractivity contribution is 0.309. The fourth-order valence-corrected chi connectivity index (χ4v) is 3.14. The van der Waals surface area contributed by atoms with Crippen LogP contribution in [-0.4, -0.2) is 29.6 Å². The summed E-state index contributed by atoms with van der Waals surface area (Å²) in [7, 11) is 0. The predicted octanol–water partition coefficient (Wildman–Crippen LogP) is 1.37. The standard InChI is InChI=1S/C10H20N2S/c1-3-6-12-10(8-11)5-4-7-13-9(10)2/h3,9,12H,1,4-8,11H2,2H3. The van der Waals surface area contributed by atoms with Crippen LogP contribution in [0.15, 0.2) is 12.7 Å². The summed E-state index contributed by atoms with van der Waals surface area (Å²) >= 11 is 2.02. The molecule has 0 aromatic carbocycles. The van der Waals surface area contributed by atoms with Crippen molar-refractivity contribution in [3.05, 3.63) is 12.7 Å². The first-order chi connectivity index (χ1) is 6.25. The molecule has 0 aromatic heterocycles. The summed E-state index contributed by atoms with van der Waals surface area (Å²) < 4.78 is 0. The monoisotopic (exact) mass is 200 g/mol. The van der Waals surface area contributed by atoms with Gasteiger partial charge in [0.2, 0.25) is 0 Å². The number of hydrogen-bond donors (Lipinski definition) is 2. The van der Waals surface area contributed by atoms with E-state index in [9.17, 15) is 0 Å². The number of thioether (sulfide) groups is 1. The number of rotatable bonds is 4. The Morgan fingerprint density at radius 3 is 3.08 bits per heavy atom. The van der Waals surface area contributed by atoms with Crippen LogP contribution in [0.2, 0.25) is 0 Å². The van der Waals surface area contributed by atoms with Gasteiger partial charge < -0.3 is 11.1 Å². The van der Waals surface area contributed by atoms with Crippen molar-refractivity contribution in [1.82, 2.24) is 5.32 Å². The van der Waals surface area contributed by atoms with Gasteiger partial charge in [0.1, 0.15) is 0 Å². The highest BCUT2D eigenvalue weighted by atomic mass is 32.2. The van der Waals surface area contributed by atoms with Crippen molar-refractivity contribution in [2.45, 2.75) is 30.6 Å². The van der Waals surface area contributed by atoms with Crippen molar-refractivity contribution in [2.24, 2.45) is 5.73 Å². The van der Waals surface area contributed by atoms with Crippen molar-refractivity contribution >= 4 is 11.8 Å². The summed E-state index contributed by atoms with van der Waals surface area (Å²) in [5.74, 6) is 1.28. The first kappa shape index (κ1) is 11.1. The maximum absolute atomic E-state index is 5.86. The Bertz CT molecular complexity index is 172. The van der Waals surface area contributed by atoms with Gasteiger partial charge in [-0.1, -0.05) is 13.0 Å². The molecule has 0 spiro atoms. The van der Waals surface area contributed by atoms with Crippen LogP contribution in [-0.2, 0) is 0 Å². The lowest BCUT2D eigenvalue weighted by Gasteiger charge is -2.42. The molecule has 1 aliphatic heterocycles. The molecule has 0 bridgehead atoms. The van der Waals surface area contributed by atoms with Crippen LogP contribution >= 0.6 is 11.8 Å². The lowest BCUT2D eigenvalue weighted by Crippen LogP contribution is -2.58. The van der Waals surface area contributed by atoms with Crippen LogP contribution in [0.1, 0.15) is 19.8 Å². The van der Waals surface area contributed by atoms with Gasteiger partial charge in [-0.3, -0.25) is 0 Å². The van der Waals surface area contributed by atoms with Crippen molar-refractivity contribution < 1.29 is 0 Å². The number of hydrogen-bond acceptors (Lipinski definition) is 3. The Labute approximate surface area is 85.3 Å². The summed E-state index contributed by atoms with van der Waals surface area (Å²) in [6.07, 6.45) is 4.38. The zero-order valence-corrected chi connectivity index (χ0v) is 9.20. The predicted molar refractivity (Wildman–Crippen MR) is 61.1 cm³/mol.